The van der Waals surface area contributed by atoms with Gasteiger partial charge >= 0.3 is 26.2 Å². The van der Waals surface area contributed by atoms with Crippen LogP contribution in [0.1, 0.15) is 50.7 Å². The Morgan fingerprint density at radius 2 is 1.00 bits per heavy atom. The van der Waals surface area contributed by atoms with Crippen LogP contribution >= 0.6 is 0 Å². The van der Waals surface area contributed by atoms with E-state index in [1.807, 2.05) is 0 Å². The molecule has 0 heterocycles. The largest absolute Gasteiger partial charge is 2.00 e. The monoisotopic (exact) mass is 606 g/mol. The van der Waals surface area contributed by atoms with E-state index in [1.54, 1.807) is 0 Å². The number of fused-ring (bicyclic) bond motifs is 2. The normalized spacial score (nSPS) is 12.2. The second-order valence-corrected chi connectivity index (χ2v) is 20.0. The van der Waals surface area contributed by atoms with Gasteiger partial charge in [-0.25, -0.2) is 0 Å². The Morgan fingerprint density at radius 1 is 0.622 bits per heavy atom. The van der Waals surface area contributed by atoms with Crippen LogP contribution in [-0.4, -0.2) is 16.6 Å². The number of unbranched alkanes of at least 4 members (excludes halogenated alkanes) is 2. The summed E-state index contributed by atoms with van der Waals surface area (Å²) in [5.74, 6) is 2.22. The van der Waals surface area contributed by atoms with Crippen LogP contribution in [0.2, 0.25) is 38.3 Å². The number of hydrogen-bond donors (Lipinski definition) is 0. The first-order valence-electron chi connectivity index (χ1n) is 14.0. The minimum Gasteiger partial charge on any atom is -0.559 e. The molecule has 4 aromatic carbocycles. The molecule has 0 N–H and O–H groups in total. The molecule has 0 amide bonds. The predicted molar refractivity (Wildman–Crippen MR) is 162 cm³/mol. The van der Waals surface area contributed by atoms with Gasteiger partial charge in [0.25, 0.3) is 0 Å². The standard InChI is InChI=1S/C32H44O2Si2.Zr/c1-7-9-21-35(3,4)33-31-23-25-15-11-13-17-27(25)29(31)19-20-30-28-18-14-12-16-26(28)24-32(30)34-36(5,6)22-10-8-2;/h11-18,23-24H,7-10,19-22H2,1-6H3;/q-2;+2. The Balaban J connectivity index is 0.00000380. The van der Waals surface area contributed by atoms with Crippen molar-refractivity contribution in [3.8, 4) is 11.5 Å². The van der Waals surface area contributed by atoms with Gasteiger partial charge in [-0.05, 0) is 38.3 Å². The zero-order chi connectivity index (χ0) is 25.8. The van der Waals surface area contributed by atoms with Gasteiger partial charge in [0.1, 0.15) is 0 Å². The van der Waals surface area contributed by atoms with Crippen molar-refractivity contribution in [2.45, 2.75) is 90.6 Å². The van der Waals surface area contributed by atoms with E-state index in [4.69, 9.17) is 8.85 Å². The molecule has 0 aliphatic carbocycles. The van der Waals surface area contributed by atoms with Crippen LogP contribution in [-0.2, 0) is 39.0 Å². The summed E-state index contributed by atoms with van der Waals surface area (Å²) in [6.07, 6.45) is 6.85. The summed E-state index contributed by atoms with van der Waals surface area (Å²) in [5.41, 5.74) is 2.72. The van der Waals surface area contributed by atoms with Crippen molar-refractivity contribution >= 4 is 38.2 Å². The minimum atomic E-state index is -1.77. The van der Waals surface area contributed by atoms with Crippen molar-refractivity contribution in [3.63, 3.8) is 0 Å². The summed E-state index contributed by atoms with van der Waals surface area (Å²) in [6.45, 7) is 14.0. The van der Waals surface area contributed by atoms with Crippen LogP contribution in [0.25, 0.3) is 21.5 Å². The van der Waals surface area contributed by atoms with Crippen molar-refractivity contribution in [3.05, 3.63) is 71.8 Å². The van der Waals surface area contributed by atoms with Crippen LogP contribution < -0.4 is 8.85 Å². The molecular formula is C32H44O2Si2Zr. The van der Waals surface area contributed by atoms with Gasteiger partial charge in [0.15, 0.2) is 0 Å². The molecule has 0 fully saturated rings. The molecule has 0 saturated heterocycles. The van der Waals surface area contributed by atoms with Gasteiger partial charge in [0.2, 0.25) is 16.6 Å². The van der Waals surface area contributed by atoms with Gasteiger partial charge in [-0.1, -0.05) is 64.5 Å². The molecule has 4 aromatic rings. The SMILES string of the molecule is CCCC[Si](C)(C)Oc1[cH-]c2ccccc2c1CCc1c(O[Si](C)(C)CCCC)[cH-]c2ccccc12.[Zr+2]. The second kappa shape index (κ2) is 13.1. The summed E-state index contributed by atoms with van der Waals surface area (Å²) >= 11 is 0. The van der Waals surface area contributed by atoms with E-state index in [1.165, 1.54) is 70.4 Å². The summed E-state index contributed by atoms with van der Waals surface area (Å²) in [6, 6.07) is 24.5. The molecule has 196 valence electrons. The summed E-state index contributed by atoms with van der Waals surface area (Å²) in [7, 11) is -3.55. The first-order chi connectivity index (χ1) is 17.2. The van der Waals surface area contributed by atoms with Gasteiger partial charge in [-0.2, -0.15) is 0 Å². The van der Waals surface area contributed by atoms with E-state index in [9.17, 15) is 0 Å². The van der Waals surface area contributed by atoms with Gasteiger partial charge in [0, 0.05) is 11.5 Å². The fraction of sp³-hybridized carbons (Fsp3) is 0.438. The van der Waals surface area contributed by atoms with Crippen LogP contribution in [0, 0.1) is 0 Å². The van der Waals surface area contributed by atoms with Gasteiger partial charge in [0.05, 0.1) is 0 Å². The third-order valence-electron chi connectivity index (χ3n) is 7.40. The second-order valence-electron chi connectivity index (χ2n) is 11.6. The number of hydrogen-bond acceptors (Lipinski definition) is 2. The molecule has 0 spiro atoms. The van der Waals surface area contributed by atoms with E-state index < -0.39 is 16.6 Å². The van der Waals surface area contributed by atoms with E-state index >= 15 is 0 Å². The third kappa shape index (κ3) is 7.58. The molecule has 37 heavy (non-hydrogen) atoms. The smallest absolute Gasteiger partial charge is 0.559 e. The average molecular weight is 608 g/mol. The van der Waals surface area contributed by atoms with E-state index in [0.29, 0.717) is 0 Å². The van der Waals surface area contributed by atoms with Crippen molar-refractivity contribution in [2.75, 3.05) is 0 Å². The number of benzene rings is 2. The van der Waals surface area contributed by atoms with Crippen molar-refractivity contribution in [1.29, 1.82) is 0 Å². The topological polar surface area (TPSA) is 18.5 Å². The quantitative estimate of drug-likeness (QED) is 0.111. The van der Waals surface area contributed by atoms with E-state index in [2.05, 4.69) is 101 Å². The molecule has 5 heteroatoms. The molecule has 0 bridgehead atoms. The Morgan fingerprint density at radius 3 is 1.38 bits per heavy atom. The van der Waals surface area contributed by atoms with Crippen LogP contribution in [0.3, 0.4) is 0 Å². The number of aryl methyl sites for hydroxylation is 2. The summed E-state index contributed by atoms with van der Waals surface area (Å²) < 4.78 is 13.7. The van der Waals surface area contributed by atoms with Crippen LogP contribution in [0.4, 0.5) is 0 Å². The first kappa shape index (κ1) is 30.1. The molecule has 0 atom stereocenters. The maximum Gasteiger partial charge on any atom is 2.00 e. The van der Waals surface area contributed by atoms with Gasteiger partial charge in [-0.15, -0.1) is 81.2 Å². The van der Waals surface area contributed by atoms with Crippen LogP contribution in [0.5, 0.6) is 11.5 Å². The minimum absolute atomic E-state index is 0. The van der Waals surface area contributed by atoms with Crippen molar-refractivity contribution < 1.29 is 35.1 Å². The molecule has 2 nitrogen and oxygen atoms in total. The van der Waals surface area contributed by atoms with Crippen molar-refractivity contribution in [2.24, 2.45) is 0 Å². The van der Waals surface area contributed by atoms with Crippen molar-refractivity contribution in [1.82, 2.24) is 0 Å². The van der Waals surface area contributed by atoms with E-state index in [-0.39, 0.29) is 26.2 Å². The molecule has 0 aromatic heterocycles. The van der Waals surface area contributed by atoms with Crippen LogP contribution in [0.15, 0.2) is 60.7 Å². The van der Waals surface area contributed by atoms with E-state index in [0.717, 1.165) is 24.3 Å². The van der Waals surface area contributed by atoms with Gasteiger partial charge in [-0.3, -0.25) is 0 Å². The third-order valence-corrected chi connectivity index (χ3v) is 12.1. The fourth-order valence-electron chi connectivity index (χ4n) is 5.37. The predicted octanol–water partition coefficient (Wildman–Crippen LogP) is 9.98. The zero-order valence-corrected chi connectivity index (χ0v) is 28.2. The maximum atomic E-state index is 6.85. The van der Waals surface area contributed by atoms with Gasteiger partial charge < -0.3 is 8.85 Å². The Labute approximate surface area is 245 Å². The first-order valence-corrected chi connectivity index (χ1v) is 20.2. The Bertz CT molecular complexity index is 1180. The molecule has 0 aliphatic heterocycles. The molecular weight excluding hydrogens is 564 g/mol. The summed E-state index contributed by atoms with van der Waals surface area (Å²) in [5, 5.41) is 5.26. The molecule has 0 unspecified atom stereocenters. The fourth-order valence-corrected chi connectivity index (χ4v) is 9.54. The molecule has 4 rings (SSSR count). The number of rotatable bonds is 13. The summed E-state index contributed by atoms with van der Waals surface area (Å²) in [4.78, 5) is 0. The zero-order valence-electron chi connectivity index (χ0n) is 23.7. The molecule has 0 saturated carbocycles. The Kier molecular flexibility index (Phi) is 10.7. The molecule has 0 aliphatic rings. The average Bonchev–Trinajstić information content (AvgIpc) is 3.36. The Hall–Kier alpha value is -1.42. The molecule has 0 radical (unpaired) electrons. The maximum absolute atomic E-state index is 6.85.